The Morgan fingerprint density at radius 3 is 2.63 bits per heavy atom. The molecule has 0 aliphatic carbocycles. The van der Waals surface area contributed by atoms with Gasteiger partial charge in [0.2, 0.25) is 0 Å². The number of aromatic amines is 1. The van der Waals surface area contributed by atoms with Crippen molar-refractivity contribution in [2.24, 2.45) is 0 Å². The van der Waals surface area contributed by atoms with Crippen molar-refractivity contribution in [1.82, 2.24) is 9.55 Å². The van der Waals surface area contributed by atoms with Crippen molar-refractivity contribution in [3.63, 3.8) is 0 Å². The van der Waals surface area contributed by atoms with Gasteiger partial charge < -0.3 is 9.47 Å². The minimum Gasteiger partial charge on any atom is -0.452 e. The summed E-state index contributed by atoms with van der Waals surface area (Å²) in [4.78, 5) is 37.9. The number of H-pyrrole nitrogens is 1. The second-order valence-corrected chi connectivity index (χ2v) is 6.68. The lowest BCUT2D eigenvalue weighted by atomic mass is 9.95. The van der Waals surface area contributed by atoms with E-state index < -0.39 is 41.3 Å². The molecule has 2 heterocycles. The van der Waals surface area contributed by atoms with Crippen LogP contribution in [0.2, 0.25) is 0 Å². The summed E-state index contributed by atoms with van der Waals surface area (Å²) < 4.78 is 27.9. The molecule has 0 saturated carbocycles. The largest absolute Gasteiger partial charge is 0.452 e. The lowest BCUT2D eigenvalue weighted by Crippen LogP contribution is -2.45. The summed E-state index contributed by atoms with van der Waals surface area (Å²) in [6.45, 7) is 3.13. The van der Waals surface area contributed by atoms with Crippen molar-refractivity contribution >= 4 is 5.97 Å². The summed E-state index contributed by atoms with van der Waals surface area (Å²) in [5, 5.41) is 0. The monoisotopic (exact) mass is 376 g/mol. The van der Waals surface area contributed by atoms with Gasteiger partial charge in [-0.3, -0.25) is 14.3 Å². The van der Waals surface area contributed by atoms with E-state index in [-0.39, 0.29) is 0 Å². The van der Waals surface area contributed by atoms with E-state index in [1.54, 1.807) is 30.3 Å². The van der Waals surface area contributed by atoms with Crippen LogP contribution < -0.4 is 11.2 Å². The first kappa shape index (κ1) is 19.0. The molecule has 8 heteroatoms. The molecule has 1 aromatic heterocycles. The van der Waals surface area contributed by atoms with Crippen LogP contribution in [0.25, 0.3) is 0 Å². The van der Waals surface area contributed by atoms with Gasteiger partial charge in [-0.1, -0.05) is 31.5 Å². The molecule has 0 spiro atoms. The number of nitrogens with zero attached hydrogens (tertiary/aromatic N) is 1. The number of aromatic nitrogens is 2. The second kappa shape index (κ2) is 7.48. The number of esters is 1. The van der Waals surface area contributed by atoms with E-state index in [4.69, 9.17) is 9.47 Å². The summed E-state index contributed by atoms with van der Waals surface area (Å²) in [5.41, 5.74) is -3.26. The number of carbonyl (C=O) groups excluding carboxylic acids is 1. The average Bonchev–Trinajstić information content (AvgIpc) is 2.87. The van der Waals surface area contributed by atoms with Crippen molar-refractivity contribution in [1.29, 1.82) is 0 Å². The molecule has 1 N–H and O–H groups in total. The third-order valence-corrected chi connectivity index (χ3v) is 4.60. The lowest BCUT2D eigenvalue weighted by molar-refractivity contribution is -0.0526. The minimum absolute atomic E-state index is 0.299. The fourth-order valence-electron chi connectivity index (χ4n) is 3.28. The Morgan fingerprint density at radius 1 is 1.30 bits per heavy atom. The number of benzene rings is 1. The highest BCUT2D eigenvalue weighted by molar-refractivity contribution is 5.89. The Labute approximate surface area is 154 Å². The molecular weight excluding hydrogens is 355 g/mol. The van der Waals surface area contributed by atoms with Gasteiger partial charge in [0.25, 0.3) is 5.56 Å². The maximum Gasteiger partial charge on any atom is 0.338 e. The molecule has 1 aromatic carbocycles. The molecule has 1 fully saturated rings. The highest BCUT2D eigenvalue weighted by Crippen LogP contribution is 2.43. The van der Waals surface area contributed by atoms with Crippen LogP contribution in [0.5, 0.6) is 0 Å². The number of rotatable bonds is 5. The number of nitrogens with one attached hydrogen (secondary N) is 1. The Morgan fingerprint density at radius 2 is 2.00 bits per heavy atom. The van der Waals surface area contributed by atoms with E-state index in [0.29, 0.717) is 18.4 Å². The lowest BCUT2D eigenvalue weighted by Gasteiger charge is -2.27. The van der Waals surface area contributed by atoms with Gasteiger partial charge in [0, 0.05) is 12.3 Å². The first-order chi connectivity index (χ1) is 12.8. The van der Waals surface area contributed by atoms with Gasteiger partial charge >= 0.3 is 11.7 Å². The maximum atomic E-state index is 15.7. The molecule has 144 valence electrons. The van der Waals surface area contributed by atoms with Crippen LogP contribution in [0.15, 0.2) is 52.2 Å². The fourth-order valence-corrected chi connectivity index (χ4v) is 3.28. The van der Waals surface area contributed by atoms with E-state index >= 15 is 4.39 Å². The number of hydrogen-bond acceptors (Lipinski definition) is 5. The van der Waals surface area contributed by atoms with Crippen LogP contribution in [0.4, 0.5) is 4.39 Å². The molecule has 0 unspecified atom stereocenters. The van der Waals surface area contributed by atoms with Crippen molar-refractivity contribution in [2.45, 2.75) is 50.8 Å². The minimum atomic E-state index is -2.17. The standard InChI is InChI=1S/C19H21FN2O5/c1-3-7-13-15(27-16(24)12-8-5-4-6-9-12)19(2,20)17(26-13)22-11-10-14(23)21-18(22)25/h4-6,8-11,13,15,17H,3,7H2,1-2H3,(H,21,23,25)/t13-,15-,17-,19-/m1/s1. The Kier molecular flexibility index (Phi) is 5.27. The van der Waals surface area contributed by atoms with Crippen LogP contribution in [0.1, 0.15) is 43.3 Å². The Balaban J connectivity index is 1.93. The van der Waals surface area contributed by atoms with Crippen molar-refractivity contribution in [3.8, 4) is 0 Å². The zero-order chi connectivity index (χ0) is 19.6. The average molecular weight is 376 g/mol. The number of alkyl halides is 1. The molecule has 7 nitrogen and oxygen atoms in total. The SMILES string of the molecule is CCC[C@H]1O[C@@H](n2ccc(=O)[nH]c2=O)[C@](C)(F)[C@@H]1OC(=O)c1ccccc1. The molecule has 1 saturated heterocycles. The van der Waals surface area contributed by atoms with Gasteiger partial charge in [-0.15, -0.1) is 0 Å². The van der Waals surface area contributed by atoms with Gasteiger partial charge in [-0.05, 0) is 25.5 Å². The summed E-state index contributed by atoms with van der Waals surface area (Å²) in [5.74, 6) is -0.663. The van der Waals surface area contributed by atoms with Gasteiger partial charge in [0.15, 0.2) is 18.0 Å². The van der Waals surface area contributed by atoms with Crippen LogP contribution >= 0.6 is 0 Å². The summed E-state index contributed by atoms with van der Waals surface area (Å²) in [6, 6.07) is 9.39. The maximum absolute atomic E-state index is 15.7. The third-order valence-electron chi connectivity index (χ3n) is 4.60. The predicted octanol–water partition coefficient (Wildman–Crippen LogP) is 2.19. The van der Waals surface area contributed by atoms with E-state index in [0.717, 1.165) is 10.6 Å². The first-order valence-corrected chi connectivity index (χ1v) is 8.76. The van der Waals surface area contributed by atoms with Gasteiger partial charge in [-0.2, -0.15) is 0 Å². The molecular formula is C19H21FN2O5. The molecule has 0 radical (unpaired) electrons. The summed E-state index contributed by atoms with van der Waals surface area (Å²) in [7, 11) is 0. The molecule has 0 bridgehead atoms. The van der Waals surface area contributed by atoms with Crippen LogP contribution in [0, 0.1) is 0 Å². The van der Waals surface area contributed by atoms with Crippen LogP contribution in [-0.4, -0.2) is 33.4 Å². The van der Waals surface area contributed by atoms with E-state index in [2.05, 4.69) is 4.98 Å². The van der Waals surface area contributed by atoms with Crippen molar-refractivity contribution in [2.75, 3.05) is 0 Å². The number of halogens is 1. The highest BCUT2D eigenvalue weighted by Gasteiger charge is 2.57. The molecule has 1 aliphatic rings. The normalized spacial score (nSPS) is 27.4. The van der Waals surface area contributed by atoms with E-state index in [1.807, 2.05) is 6.92 Å². The molecule has 1 aliphatic heterocycles. The van der Waals surface area contributed by atoms with Crippen molar-refractivity contribution in [3.05, 3.63) is 69.0 Å². The number of hydrogen-bond donors (Lipinski definition) is 1. The van der Waals surface area contributed by atoms with Gasteiger partial charge in [0.1, 0.15) is 6.10 Å². The number of ether oxygens (including phenoxy) is 2. The summed E-state index contributed by atoms with van der Waals surface area (Å²) in [6.07, 6.45) is -0.954. The topological polar surface area (TPSA) is 90.4 Å². The fraction of sp³-hybridized carbons (Fsp3) is 0.421. The quantitative estimate of drug-likeness (QED) is 0.808. The van der Waals surface area contributed by atoms with E-state index in [9.17, 15) is 14.4 Å². The molecule has 2 aromatic rings. The molecule has 4 atom stereocenters. The summed E-state index contributed by atoms with van der Waals surface area (Å²) >= 11 is 0. The predicted molar refractivity (Wildman–Crippen MR) is 95.3 cm³/mol. The zero-order valence-corrected chi connectivity index (χ0v) is 15.1. The molecule has 0 amide bonds. The Bertz CT molecular complexity index is 921. The highest BCUT2D eigenvalue weighted by atomic mass is 19.1. The van der Waals surface area contributed by atoms with Crippen LogP contribution in [0.3, 0.4) is 0 Å². The molecule has 27 heavy (non-hydrogen) atoms. The van der Waals surface area contributed by atoms with Crippen LogP contribution in [-0.2, 0) is 9.47 Å². The molecule has 3 rings (SSSR count). The first-order valence-electron chi connectivity index (χ1n) is 8.76. The second-order valence-electron chi connectivity index (χ2n) is 6.68. The smallest absolute Gasteiger partial charge is 0.338 e. The van der Waals surface area contributed by atoms with Crippen molar-refractivity contribution < 1.29 is 18.7 Å². The zero-order valence-electron chi connectivity index (χ0n) is 15.1. The Hall–Kier alpha value is -2.74. The third kappa shape index (κ3) is 3.71. The number of carbonyl (C=O) groups is 1. The van der Waals surface area contributed by atoms with Gasteiger partial charge in [-0.25, -0.2) is 14.0 Å². The van der Waals surface area contributed by atoms with Gasteiger partial charge in [0.05, 0.1) is 5.56 Å². The van der Waals surface area contributed by atoms with E-state index in [1.165, 1.54) is 13.1 Å².